The minimum absolute atomic E-state index is 0.100. The van der Waals surface area contributed by atoms with Gasteiger partial charge in [0.15, 0.2) is 5.03 Å². The van der Waals surface area contributed by atoms with Gasteiger partial charge in [0.05, 0.1) is 9.79 Å². The summed E-state index contributed by atoms with van der Waals surface area (Å²) in [6.45, 7) is 3.25. The molecule has 2 heterocycles. The van der Waals surface area contributed by atoms with E-state index in [2.05, 4.69) is 4.98 Å². The van der Waals surface area contributed by atoms with Crippen molar-refractivity contribution in [1.82, 2.24) is 4.98 Å². The quantitative estimate of drug-likeness (QED) is 0.567. The molecule has 158 valence electrons. The van der Waals surface area contributed by atoms with Crippen molar-refractivity contribution in [2.75, 3.05) is 18.0 Å². The van der Waals surface area contributed by atoms with Crippen molar-refractivity contribution in [2.45, 2.75) is 45.3 Å². The summed E-state index contributed by atoms with van der Waals surface area (Å²) in [4.78, 5) is 6.37. The van der Waals surface area contributed by atoms with Crippen LogP contribution in [0, 0.1) is 6.92 Å². The maximum atomic E-state index is 13.4. The Labute approximate surface area is 181 Å². The summed E-state index contributed by atoms with van der Waals surface area (Å²) in [5.41, 5.74) is 0.941. The normalized spacial score (nSPS) is 15.3. The largest absolute Gasteiger partial charge is 0.361 e. The van der Waals surface area contributed by atoms with E-state index in [-0.39, 0.29) is 19.2 Å². The van der Waals surface area contributed by atoms with Gasteiger partial charge in [0.25, 0.3) is 0 Å². The molecule has 0 atom stereocenters. The van der Waals surface area contributed by atoms with Crippen LogP contribution in [-0.4, -0.2) is 34.9 Å². The molecule has 0 unspecified atom stereocenters. The first-order valence-corrected chi connectivity index (χ1v) is 13.5. The van der Waals surface area contributed by atoms with Gasteiger partial charge in [-0.05, 0) is 50.5 Å². The van der Waals surface area contributed by atoms with Crippen LogP contribution in [0.25, 0.3) is 0 Å². The lowest BCUT2D eigenvalue weighted by atomic mass is 10.1. The topological polar surface area (TPSA) is 84.4 Å². The van der Waals surface area contributed by atoms with Gasteiger partial charge in [-0.15, -0.1) is 0 Å². The Morgan fingerprint density at radius 3 is 2.03 bits per heavy atom. The Kier molecular flexibility index (Phi) is 5.69. The van der Waals surface area contributed by atoms with Crippen molar-refractivity contribution in [2.24, 2.45) is 0 Å². The van der Waals surface area contributed by atoms with E-state index in [1.54, 1.807) is 30.3 Å². The van der Waals surface area contributed by atoms with Crippen LogP contribution in [-0.2, 0) is 19.7 Å². The highest BCUT2D eigenvalue weighted by atomic mass is 32.2. The molecule has 1 saturated heterocycles. The molecule has 0 N–H and O–H groups in total. The maximum Gasteiger partial charge on any atom is 0.233 e. The fourth-order valence-electron chi connectivity index (χ4n) is 3.40. The second kappa shape index (κ2) is 8.13. The van der Waals surface area contributed by atoms with E-state index in [9.17, 15) is 16.8 Å². The second-order valence-electron chi connectivity index (χ2n) is 7.27. The van der Waals surface area contributed by atoms with E-state index in [0.29, 0.717) is 18.1 Å². The Bertz CT molecular complexity index is 1240. The van der Waals surface area contributed by atoms with E-state index in [0.717, 1.165) is 36.2 Å². The first kappa shape index (κ1) is 21.0. The molecule has 1 aliphatic heterocycles. The lowest BCUT2D eigenvalue weighted by Gasteiger charge is -2.27. The molecule has 0 saturated carbocycles. The van der Waals surface area contributed by atoms with E-state index < -0.39 is 19.7 Å². The molecule has 1 aromatic heterocycles. The summed E-state index contributed by atoms with van der Waals surface area (Å²) in [7, 11) is -7.88. The maximum absolute atomic E-state index is 13.4. The monoisotopic (exact) mass is 462 g/mol. The lowest BCUT2D eigenvalue weighted by Crippen LogP contribution is -2.29. The lowest BCUT2D eigenvalue weighted by molar-refractivity contribution is 0.571. The zero-order valence-corrected chi connectivity index (χ0v) is 18.9. The van der Waals surface area contributed by atoms with E-state index in [1.807, 2.05) is 11.8 Å². The first-order valence-electron chi connectivity index (χ1n) is 9.68. The third-order valence-corrected chi connectivity index (χ3v) is 10.2. The highest BCUT2D eigenvalue weighted by Crippen LogP contribution is 2.39. The van der Waals surface area contributed by atoms with Crippen molar-refractivity contribution in [3.8, 4) is 0 Å². The Balaban J connectivity index is 1.88. The van der Waals surface area contributed by atoms with Crippen LogP contribution in [0.5, 0.6) is 0 Å². The highest BCUT2D eigenvalue weighted by Gasteiger charge is 2.33. The number of nitrogens with zero attached hydrogens (tertiary/aromatic N) is 2. The molecule has 0 radical (unpaired) electrons. The molecule has 1 aliphatic rings. The Hall–Kier alpha value is -2.23. The molecule has 1 fully saturated rings. The fraction of sp³-hybridized carbons (Fsp3) is 0.286. The zero-order valence-electron chi connectivity index (χ0n) is 16.5. The van der Waals surface area contributed by atoms with Crippen molar-refractivity contribution in [3.05, 3.63) is 60.2 Å². The smallest absolute Gasteiger partial charge is 0.233 e. The van der Waals surface area contributed by atoms with Crippen molar-refractivity contribution >= 4 is 36.0 Å². The summed E-state index contributed by atoms with van der Waals surface area (Å²) < 4.78 is 52.9. The minimum Gasteiger partial charge on any atom is -0.361 e. The number of piperidine rings is 1. The van der Waals surface area contributed by atoms with Crippen LogP contribution in [0.4, 0.5) is 5.00 Å². The second-order valence-corrected chi connectivity index (χ2v) is 12.2. The number of thiazole rings is 1. The van der Waals surface area contributed by atoms with Crippen LogP contribution in [0.2, 0.25) is 0 Å². The minimum atomic E-state index is -3.96. The average Bonchev–Trinajstić information content (AvgIpc) is 3.23. The van der Waals surface area contributed by atoms with Gasteiger partial charge in [-0.25, -0.2) is 21.8 Å². The molecule has 9 heteroatoms. The van der Waals surface area contributed by atoms with Gasteiger partial charge in [0.1, 0.15) is 5.00 Å². The summed E-state index contributed by atoms with van der Waals surface area (Å²) in [6, 6.07) is 14.5. The molecule has 4 rings (SSSR count). The van der Waals surface area contributed by atoms with Crippen molar-refractivity contribution in [1.29, 1.82) is 0 Å². The summed E-state index contributed by atoms with van der Waals surface area (Å²) in [5.74, 6) is 0. The number of rotatable bonds is 5. The summed E-state index contributed by atoms with van der Waals surface area (Å²) in [5, 5.41) is 0.234. The van der Waals surface area contributed by atoms with Crippen LogP contribution < -0.4 is 4.90 Å². The number of benzene rings is 2. The van der Waals surface area contributed by atoms with Crippen LogP contribution in [0.15, 0.2) is 73.8 Å². The van der Waals surface area contributed by atoms with Crippen LogP contribution in [0.1, 0.15) is 24.8 Å². The van der Waals surface area contributed by atoms with E-state index in [4.69, 9.17) is 0 Å². The molecule has 0 amide bonds. The predicted octanol–water partition coefficient (Wildman–Crippen LogP) is 4.11. The van der Waals surface area contributed by atoms with Crippen LogP contribution >= 0.6 is 11.3 Å². The Morgan fingerprint density at radius 2 is 1.40 bits per heavy atom. The van der Waals surface area contributed by atoms with Crippen LogP contribution in [0.3, 0.4) is 0 Å². The predicted molar refractivity (Wildman–Crippen MR) is 117 cm³/mol. The number of sulfone groups is 2. The number of anilines is 1. The number of hydrogen-bond acceptors (Lipinski definition) is 7. The molecule has 30 heavy (non-hydrogen) atoms. The van der Waals surface area contributed by atoms with Crippen molar-refractivity contribution in [3.63, 3.8) is 0 Å². The molecule has 3 aromatic rings. The molecular weight excluding hydrogens is 440 g/mol. The SMILES string of the molecule is Cc1ccc(S(=O)(=O)c2nc(S(=O)(=O)c3ccccc3)sc2N2CCCCC2)cc1. The van der Waals surface area contributed by atoms with E-state index >= 15 is 0 Å². The van der Waals surface area contributed by atoms with Crippen molar-refractivity contribution < 1.29 is 16.8 Å². The molecule has 0 spiro atoms. The Morgan fingerprint density at radius 1 is 0.800 bits per heavy atom. The number of aryl methyl sites for hydroxylation is 1. The highest BCUT2D eigenvalue weighted by molar-refractivity contribution is 7.94. The molecular formula is C21H22N2O4S3. The first-order chi connectivity index (χ1) is 14.3. The van der Waals surface area contributed by atoms with Gasteiger partial charge in [-0.2, -0.15) is 0 Å². The molecule has 6 nitrogen and oxygen atoms in total. The molecule has 2 aromatic carbocycles. The molecule has 0 bridgehead atoms. The molecule has 0 aliphatic carbocycles. The van der Waals surface area contributed by atoms with E-state index in [1.165, 1.54) is 24.3 Å². The number of aromatic nitrogens is 1. The number of hydrogen-bond donors (Lipinski definition) is 0. The van der Waals surface area contributed by atoms with Gasteiger partial charge in [-0.3, -0.25) is 0 Å². The average molecular weight is 463 g/mol. The van der Waals surface area contributed by atoms with Gasteiger partial charge in [0, 0.05) is 13.1 Å². The van der Waals surface area contributed by atoms with Gasteiger partial charge in [0.2, 0.25) is 24.0 Å². The van der Waals surface area contributed by atoms with Gasteiger partial charge < -0.3 is 4.90 Å². The fourth-order valence-corrected chi connectivity index (χ4v) is 7.89. The van der Waals surface area contributed by atoms with Gasteiger partial charge >= 0.3 is 0 Å². The zero-order chi connectivity index (χ0) is 21.4. The summed E-state index contributed by atoms with van der Waals surface area (Å²) >= 11 is 0.940. The third-order valence-electron chi connectivity index (χ3n) is 5.07. The third kappa shape index (κ3) is 3.89. The standard InChI is InChI=1S/C21H22N2O4S3/c1-16-10-12-18(13-11-16)29(24,25)19-20(23-14-6-3-7-15-23)28-21(22-19)30(26,27)17-8-4-2-5-9-17/h2,4-5,8-13H,3,6-7,14-15H2,1H3. The van der Waals surface area contributed by atoms with Gasteiger partial charge in [-0.1, -0.05) is 47.2 Å². The summed E-state index contributed by atoms with van der Waals surface area (Å²) in [6.07, 6.45) is 2.94.